The first-order valence-electron chi connectivity index (χ1n) is 10.1. The number of quaternary nitrogens is 1. The van der Waals surface area contributed by atoms with Gasteiger partial charge < -0.3 is 19.9 Å². The Labute approximate surface area is 176 Å². The summed E-state index contributed by atoms with van der Waals surface area (Å²) in [5, 5.41) is 7.16. The van der Waals surface area contributed by atoms with Crippen LogP contribution in [0.3, 0.4) is 0 Å². The van der Waals surface area contributed by atoms with E-state index in [1.807, 2.05) is 36.9 Å². The maximum atomic E-state index is 13.0. The molecule has 1 aliphatic rings. The Bertz CT molecular complexity index is 772. The van der Waals surface area contributed by atoms with Crippen molar-refractivity contribution in [3.05, 3.63) is 52.7 Å². The van der Waals surface area contributed by atoms with Crippen LogP contribution in [0.5, 0.6) is 5.75 Å². The van der Waals surface area contributed by atoms with Crippen molar-refractivity contribution in [3.63, 3.8) is 0 Å². The zero-order chi connectivity index (χ0) is 20.6. The molecule has 0 saturated carbocycles. The summed E-state index contributed by atoms with van der Waals surface area (Å²) in [6, 6.07) is 10.8. The summed E-state index contributed by atoms with van der Waals surface area (Å²) in [6.45, 7) is 8.12. The van der Waals surface area contributed by atoms with Crippen molar-refractivity contribution in [2.45, 2.75) is 26.4 Å². The maximum Gasteiger partial charge on any atom is 0.258 e. The largest absolute Gasteiger partial charge is 0.484 e. The van der Waals surface area contributed by atoms with Gasteiger partial charge in [-0.15, -0.1) is 0 Å². The first-order chi connectivity index (χ1) is 14.0. The van der Waals surface area contributed by atoms with Crippen molar-refractivity contribution in [1.29, 1.82) is 0 Å². The number of carbonyl (C=O) groups is 2. The summed E-state index contributed by atoms with van der Waals surface area (Å²) in [4.78, 5) is 28.8. The van der Waals surface area contributed by atoms with Gasteiger partial charge in [0.05, 0.1) is 26.2 Å². The van der Waals surface area contributed by atoms with Gasteiger partial charge in [-0.3, -0.25) is 9.59 Å². The number of hydrogen-bond acceptors (Lipinski definition) is 4. The molecular formula is C22H30N3O3S+. The summed E-state index contributed by atoms with van der Waals surface area (Å²) >= 11 is 1.72. The van der Waals surface area contributed by atoms with E-state index >= 15 is 0 Å². The molecule has 1 atom stereocenters. The molecule has 6 nitrogen and oxygen atoms in total. The van der Waals surface area contributed by atoms with Gasteiger partial charge in [-0.2, -0.15) is 11.3 Å². The summed E-state index contributed by atoms with van der Waals surface area (Å²) in [7, 11) is 0. The zero-order valence-electron chi connectivity index (χ0n) is 17.1. The van der Waals surface area contributed by atoms with E-state index in [0.29, 0.717) is 5.75 Å². The van der Waals surface area contributed by atoms with Gasteiger partial charge in [0, 0.05) is 5.56 Å². The Hall–Kier alpha value is -2.38. The van der Waals surface area contributed by atoms with Gasteiger partial charge >= 0.3 is 0 Å². The Balaban J connectivity index is 1.48. The van der Waals surface area contributed by atoms with Gasteiger partial charge in [-0.25, -0.2) is 0 Å². The molecule has 1 fully saturated rings. The van der Waals surface area contributed by atoms with Crippen LogP contribution in [0.1, 0.15) is 19.4 Å². The number of benzene rings is 1. The molecule has 2 amide bonds. The van der Waals surface area contributed by atoms with E-state index in [1.54, 1.807) is 23.5 Å². The molecule has 0 radical (unpaired) electrons. The van der Waals surface area contributed by atoms with Gasteiger partial charge in [-0.05, 0) is 34.9 Å². The number of thiophene rings is 1. The number of hydrogen-bond donors (Lipinski definition) is 2. The summed E-state index contributed by atoms with van der Waals surface area (Å²) in [5.74, 6) is 0.379. The Kier molecular flexibility index (Phi) is 7.66. The van der Waals surface area contributed by atoms with Gasteiger partial charge in [0.15, 0.2) is 6.61 Å². The number of nitrogens with one attached hydrogen (secondary N) is 2. The molecule has 0 unspecified atom stereocenters. The average Bonchev–Trinajstić information content (AvgIpc) is 3.24. The van der Waals surface area contributed by atoms with Gasteiger partial charge in [0.1, 0.15) is 18.3 Å². The predicted molar refractivity (Wildman–Crippen MR) is 114 cm³/mol. The molecule has 3 rings (SSSR count). The molecule has 1 aromatic carbocycles. The van der Waals surface area contributed by atoms with Crippen molar-refractivity contribution in [1.82, 2.24) is 10.2 Å². The minimum absolute atomic E-state index is 0.00245. The van der Waals surface area contributed by atoms with E-state index in [1.165, 1.54) is 10.5 Å². The van der Waals surface area contributed by atoms with Crippen LogP contribution in [0.4, 0.5) is 0 Å². The lowest BCUT2D eigenvalue weighted by Gasteiger charge is -2.35. The fourth-order valence-corrected chi connectivity index (χ4v) is 4.16. The lowest BCUT2D eigenvalue weighted by molar-refractivity contribution is -0.917. The van der Waals surface area contributed by atoms with E-state index in [4.69, 9.17) is 4.74 Å². The normalized spacial score (nSPS) is 15.9. The SMILES string of the molecule is CC(C)[C@H](NC(=O)COc1ccccc1)C(=O)N1CC[NH+](Cc2ccsc2)CC1. The second-order valence-electron chi connectivity index (χ2n) is 7.77. The number of piperazine rings is 1. The molecule has 2 N–H and O–H groups in total. The molecule has 1 aliphatic heterocycles. The number of nitrogens with zero attached hydrogens (tertiary/aromatic N) is 1. The van der Waals surface area contributed by atoms with Crippen LogP contribution in [0.2, 0.25) is 0 Å². The first kappa shape index (κ1) is 21.3. The second-order valence-corrected chi connectivity index (χ2v) is 8.55. The summed E-state index contributed by atoms with van der Waals surface area (Å²) < 4.78 is 5.50. The molecule has 7 heteroatoms. The summed E-state index contributed by atoms with van der Waals surface area (Å²) in [5.41, 5.74) is 1.36. The van der Waals surface area contributed by atoms with Crippen molar-refractivity contribution in [2.24, 2.45) is 5.92 Å². The molecule has 0 spiro atoms. The Morgan fingerprint density at radius 1 is 1.17 bits per heavy atom. The fourth-order valence-electron chi connectivity index (χ4n) is 3.49. The van der Waals surface area contributed by atoms with Crippen molar-refractivity contribution < 1.29 is 19.2 Å². The summed E-state index contributed by atoms with van der Waals surface area (Å²) in [6.07, 6.45) is 0. The number of para-hydroxylation sites is 1. The highest BCUT2D eigenvalue weighted by atomic mass is 32.1. The number of ether oxygens (including phenoxy) is 1. The van der Waals surface area contributed by atoms with E-state index in [-0.39, 0.29) is 24.3 Å². The third-order valence-corrected chi connectivity index (χ3v) is 5.91. The molecule has 1 saturated heterocycles. The zero-order valence-corrected chi connectivity index (χ0v) is 17.9. The van der Waals surface area contributed by atoms with Gasteiger partial charge in [-0.1, -0.05) is 32.0 Å². The first-order valence-corrected chi connectivity index (χ1v) is 11.1. The third kappa shape index (κ3) is 6.30. The fraction of sp³-hybridized carbons (Fsp3) is 0.455. The maximum absolute atomic E-state index is 13.0. The topological polar surface area (TPSA) is 63.1 Å². The predicted octanol–water partition coefficient (Wildman–Crippen LogP) is 1.20. The van der Waals surface area contributed by atoms with Crippen LogP contribution in [-0.2, 0) is 16.1 Å². The van der Waals surface area contributed by atoms with Gasteiger partial charge in [0.25, 0.3) is 5.91 Å². The number of amides is 2. The minimum atomic E-state index is -0.528. The van der Waals surface area contributed by atoms with Crippen LogP contribution >= 0.6 is 11.3 Å². The highest BCUT2D eigenvalue weighted by Gasteiger charge is 2.32. The van der Waals surface area contributed by atoms with Crippen LogP contribution in [0.15, 0.2) is 47.2 Å². The highest BCUT2D eigenvalue weighted by molar-refractivity contribution is 7.07. The quantitative estimate of drug-likeness (QED) is 0.680. The molecule has 156 valence electrons. The Morgan fingerprint density at radius 2 is 1.90 bits per heavy atom. The van der Waals surface area contributed by atoms with Crippen molar-refractivity contribution in [3.8, 4) is 5.75 Å². The van der Waals surface area contributed by atoms with E-state index < -0.39 is 6.04 Å². The second kappa shape index (κ2) is 10.4. The third-order valence-electron chi connectivity index (χ3n) is 5.18. The van der Waals surface area contributed by atoms with E-state index in [2.05, 4.69) is 22.1 Å². The van der Waals surface area contributed by atoms with Crippen LogP contribution in [0, 0.1) is 5.92 Å². The molecule has 2 aromatic rings. The molecule has 0 bridgehead atoms. The van der Waals surface area contributed by atoms with Crippen molar-refractivity contribution in [2.75, 3.05) is 32.8 Å². The number of carbonyl (C=O) groups excluding carboxylic acids is 2. The van der Waals surface area contributed by atoms with Crippen LogP contribution in [-0.4, -0.2) is 55.5 Å². The van der Waals surface area contributed by atoms with Gasteiger partial charge in [0.2, 0.25) is 5.91 Å². The minimum Gasteiger partial charge on any atom is -0.484 e. The molecule has 0 aliphatic carbocycles. The van der Waals surface area contributed by atoms with Crippen LogP contribution < -0.4 is 15.0 Å². The molecular weight excluding hydrogens is 386 g/mol. The van der Waals surface area contributed by atoms with Crippen LogP contribution in [0.25, 0.3) is 0 Å². The smallest absolute Gasteiger partial charge is 0.258 e. The molecule has 2 heterocycles. The highest BCUT2D eigenvalue weighted by Crippen LogP contribution is 2.10. The standard InChI is InChI=1S/C22H29N3O3S/c1-17(2)21(23-20(26)15-28-19-6-4-3-5-7-19)22(27)25-11-9-24(10-12-25)14-18-8-13-29-16-18/h3-8,13,16-17,21H,9-12,14-15H2,1-2H3,(H,23,26)/p+1/t21-/m0/s1. The van der Waals surface area contributed by atoms with E-state index in [9.17, 15) is 9.59 Å². The number of rotatable bonds is 8. The lowest BCUT2D eigenvalue weighted by atomic mass is 10.0. The molecule has 29 heavy (non-hydrogen) atoms. The Morgan fingerprint density at radius 3 is 2.52 bits per heavy atom. The monoisotopic (exact) mass is 416 g/mol. The molecule has 1 aromatic heterocycles. The average molecular weight is 417 g/mol. The lowest BCUT2D eigenvalue weighted by Crippen LogP contribution is -3.13. The van der Waals surface area contributed by atoms with Crippen molar-refractivity contribution >= 4 is 23.2 Å². The van der Waals surface area contributed by atoms with E-state index in [0.717, 1.165) is 32.7 Å².